The van der Waals surface area contributed by atoms with Gasteiger partial charge in [0.15, 0.2) is 0 Å². The minimum absolute atomic E-state index is 0.133. The quantitative estimate of drug-likeness (QED) is 0.455. The number of hydrogen-bond acceptors (Lipinski definition) is 3. The van der Waals surface area contributed by atoms with E-state index in [9.17, 15) is 8.42 Å². The van der Waals surface area contributed by atoms with Crippen LogP contribution in [-0.2, 0) is 10.2 Å². The maximum atomic E-state index is 11.2. The number of piperazine rings is 1. The van der Waals surface area contributed by atoms with E-state index in [-0.39, 0.29) is 6.04 Å². The van der Waals surface area contributed by atoms with Gasteiger partial charge in [0.2, 0.25) is 0 Å². The first-order valence-corrected chi connectivity index (χ1v) is 5.11. The fourth-order valence-electron chi connectivity index (χ4n) is 1.52. The number of rotatable bonds is 0. The number of hydrogen-bond donors (Lipinski definition) is 2. The summed E-state index contributed by atoms with van der Waals surface area (Å²) in [6, 6.07) is 0.133. The van der Waals surface area contributed by atoms with E-state index in [4.69, 9.17) is 0 Å². The van der Waals surface area contributed by atoms with Crippen molar-refractivity contribution in [3.63, 3.8) is 0 Å². The van der Waals surface area contributed by atoms with Gasteiger partial charge in [-0.3, -0.25) is 0 Å². The third kappa shape index (κ3) is 1.16. The van der Waals surface area contributed by atoms with Crippen LogP contribution in [0.5, 0.6) is 0 Å². The van der Waals surface area contributed by atoms with Crippen LogP contribution >= 0.6 is 0 Å². The van der Waals surface area contributed by atoms with E-state index in [1.807, 2.05) is 0 Å². The van der Waals surface area contributed by atoms with Gasteiger partial charge in [-0.25, -0.2) is 4.72 Å². The Morgan fingerprint density at radius 2 is 2.18 bits per heavy atom. The van der Waals surface area contributed by atoms with Gasteiger partial charge in [-0.05, 0) is 0 Å². The maximum Gasteiger partial charge on any atom is 0.279 e. The molecule has 2 heterocycles. The molecule has 0 radical (unpaired) electrons. The maximum absolute atomic E-state index is 11.2. The molecular weight excluding hydrogens is 166 g/mol. The third-order valence-electron chi connectivity index (χ3n) is 2.11. The molecule has 2 rings (SSSR count). The molecule has 2 N–H and O–H groups in total. The second-order valence-corrected chi connectivity index (χ2v) is 4.53. The van der Waals surface area contributed by atoms with Crippen LogP contribution in [0.4, 0.5) is 0 Å². The van der Waals surface area contributed by atoms with E-state index in [2.05, 4.69) is 10.0 Å². The van der Waals surface area contributed by atoms with Crippen molar-refractivity contribution >= 4 is 10.2 Å². The largest absolute Gasteiger partial charge is 0.314 e. The molecule has 1 atom stereocenters. The molecule has 0 spiro atoms. The van der Waals surface area contributed by atoms with Crippen LogP contribution in [0.25, 0.3) is 0 Å². The summed E-state index contributed by atoms with van der Waals surface area (Å²) in [7, 11) is -3.10. The van der Waals surface area contributed by atoms with E-state index in [0.29, 0.717) is 13.1 Å². The standard InChI is InChI=1S/C5H11N3O2S/c9-11(10)7-4-5-3-6-1-2-8(5)11/h5-7H,1-4H2/t5-/m1/s1. The Morgan fingerprint density at radius 1 is 1.36 bits per heavy atom. The van der Waals surface area contributed by atoms with Gasteiger partial charge in [0.1, 0.15) is 0 Å². The van der Waals surface area contributed by atoms with Crippen LogP contribution in [0.2, 0.25) is 0 Å². The predicted octanol–water partition coefficient (Wildman–Crippen LogP) is -1.89. The summed E-state index contributed by atoms with van der Waals surface area (Å²) in [6.45, 7) is 2.68. The minimum Gasteiger partial charge on any atom is -0.314 e. The zero-order valence-corrected chi connectivity index (χ0v) is 6.89. The fourth-order valence-corrected chi connectivity index (χ4v) is 2.96. The lowest BCUT2D eigenvalue weighted by Crippen LogP contribution is -2.50. The second-order valence-electron chi connectivity index (χ2n) is 2.82. The van der Waals surface area contributed by atoms with Gasteiger partial charge >= 0.3 is 0 Å². The van der Waals surface area contributed by atoms with Gasteiger partial charge in [-0.15, -0.1) is 0 Å². The molecule has 2 saturated heterocycles. The van der Waals surface area contributed by atoms with Crippen molar-refractivity contribution in [2.75, 3.05) is 26.2 Å². The smallest absolute Gasteiger partial charge is 0.279 e. The highest BCUT2D eigenvalue weighted by atomic mass is 32.2. The molecule has 0 bridgehead atoms. The van der Waals surface area contributed by atoms with Crippen LogP contribution in [-0.4, -0.2) is 44.9 Å². The first-order chi connectivity index (χ1) is 5.20. The monoisotopic (exact) mass is 177 g/mol. The molecule has 5 nitrogen and oxygen atoms in total. The topological polar surface area (TPSA) is 61.4 Å². The third-order valence-corrected chi connectivity index (χ3v) is 3.74. The summed E-state index contributed by atoms with van der Waals surface area (Å²) in [5, 5.41) is 3.15. The molecule has 2 aliphatic rings. The van der Waals surface area contributed by atoms with Crippen molar-refractivity contribution in [3.8, 4) is 0 Å². The van der Waals surface area contributed by atoms with Crippen molar-refractivity contribution in [2.45, 2.75) is 6.04 Å². The van der Waals surface area contributed by atoms with Crippen LogP contribution < -0.4 is 10.0 Å². The highest BCUT2D eigenvalue weighted by molar-refractivity contribution is 7.87. The zero-order chi connectivity index (χ0) is 7.90. The Balaban J connectivity index is 2.23. The molecule has 0 aromatic heterocycles. The van der Waals surface area contributed by atoms with Gasteiger partial charge in [0, 0.05) is 26.2 Å². The first kappa shape index (κ1) is 7.48. The average molecular weight is 177 g/mol. The van der Waals surface area contributed by atoms with Gasteiger partial charge in [-0.2, -0.15) is 12.7 Å². The zero-order valence-electron chi connectivity index (χ0n) is 6.08. The Kier molecular flexibility index (Phi) is 1.64. The Hall–Kier alpha value is -0.170. The first-order valence-electron chi connectivity index (χ1n) is 3.67. The predicted molar refractivity (Wildman–Crippen MR) is 40.3 cm³/mol. The summed E-state index contributed by atoms with van der Waals surface area (Å²) in [5.41, 5.74) is 0. The molecule has 0 aliphatic carbocycles. The Labute approximate surface area is 65.9 Å². The SMILES string of the molecule is O=S1(=O)NC[C@H]2CNCCN21. The lowest BCUT2D eigenvalue weighted by Gasteiger charge is -2.26. The van der Waals surface area contributed by atoms with Gasteiger partial charge in [0.05, 0.1) is 6.04 Å². The van der Waals surface area contributed by atoms with E-state index in [1.54, 1.807) is 0 Å². The van der Waals surface area contributed by atoms with Crippen LogP contribution in [0.15, 0.2) is 0 Å². The fraction of sp³-hybridized carbons (Fsp3) is 1.00. The van der Waals surface area contributed by atoms with Crippen molar-refractivity contribution < 1.29 is 8.42 Å². The van der Waals surface area contributed by atoms with Gasteiger partial charge in [0.25, 0.3) is 10.2 Å². The molecule has 0 aromatic carbocycles. The summed E-state index contributed by atoms with van der Waals surface area (Å²) in [4.78, 5) is 0. The van der Waals surface area contributed by atoms with Gasteiger partial charge < -0.3 is 5.32 Å². The van der Waals surface area contributed by atoms with Crippen molar-refractivity contribution in [2.24, 2.45) is 0 Å². The van der Waals surface area contributed by atoms with Crippen LogP contribution in [0, 0.1) is 0 Å². The molecule has 0 saturated carbocycles. The molecule has 6 heteroatoms. The lowest BCUT2D eigenvalue weighted by molar-refractivity contribution is 0.297. The van der Waals surface area contributed by atoms with E-state index >= 15 is 0 Å². The van der Waals surface area contributed by atoms with Crippen molar-refractivity contribution in [3.05, 3.63) is 0 Å². The molecule has 11 heavy (non-hydrogen) atoms. The lowest BCUT2D eigenvalue weighted by atomic mass is 10.2. The number of nitrogens with zero attached hydrogens (tertiary/aromatic N) is 1. The highest BCUT2D eigenvalue weighted by Crippen LogP contribution is 2.13. The highest BCUT2D eigenvalue weighted by Gasteiger charge is 2.37. The van der Waals surface area contributed by atoms with E-state index in [0.717, 1.165) is 13.1 Å². The molecule has 0 amide bonds. The Bertz CT molecular complexity index is 250. The minimum atomic E-state index is -3.10. The molecule has 0 unspecified atom stereocenters. The molecule has 64 valence electrons. The number of nitrogens with one attached hydrogen (secondary N) is 2. The number of fused-ring (bicyclic) bond motifs is 1. The summed E-state index contributed by atoms with van der Waals surface area (Å²) >= 11 is 0. The van der Waals surface area contributed by atoms with E-state index in [1.165, 1.54) is 4.31 Å². The molecule has 0 aromatic rings. The van der Waals surface area contributed by atoms with E-state index < -0.39 is 10.2 Å². The Morgan fingerprint density at radius 3 is 2.91 bits per heavy atom. The van der Waals surface area contributed by atoms with Crippen molar-refractivity contribution in [1.29, 1.82) is 0 Å². The van der Waals surface area contributed by atoms with Gasteiger partial charge in [-0.1, -0.05) is 0 Å². The molecular formula is C5H11N3O2S. The van der Waals surface area contributed by atoms with Crippen LogP contribution in [0.3, 0.4) is 0 Å². The summed E-state index contributed by atoms with van der Waals surface area (Å²) < 4.78 is 26.4. The second kappa shape index (κ2) is 2.41. The summed E-state index contributed by atoms with van der Waals surface area (Å²) in [6.07, 6.45) is 0. The van der Waals surface area contributed by atoms with Crippen molar-refractivity contribution in [1.82, 2.24) is 14.3 Å². The normalized spacial score (nSPS) is 36.9. The van der Waals surface area contributed by atoms with Crippen LogP contribution in [0.1, 0.15) is 0 Å². The molecule has 2 aliphatic heterocycles. The average Bonchev–Trinajstić information content (AvgIpc) is 2.29. The molecule has 2 fully saturated rings. The summed E-state index contributed by atoms with van der Waals surface area (Å²) in [5.74, 6) is 0.